The number of anilines is 2. The molecule has 2 aromatic carbocycles. The van der Waals surface area contributed by atoms with Crippen molar-refractivity contribution in [3.05, 3.63) is 84.2 Å². The highest BCUT2D eigenvalue weighted by atomic mass is 19.4. The summed E-state index contributed by atoms with van der Waals surface area (Å²) in [6.45, 7) is -0.0113. The van der Waals surface area contributed by atoms with Gasteiger partial charge >= 0.3 is 12.4 Å². The fourth-order valence-electron chi connectivity index (χ4n) is 4.43. The molecule has 4 amide bonds. The Balaban J connectivity index is 1.41. The van der Waals surface area contributed by atoms with E-state index in [0.29, 0.717) is 24.1 Å². The van der Waals surface area contributed by atoms with Gasteiger partial charge in [-0.1, -0.05) is 18.2 Å². The number of aromatic nitrogens is 1. The standard InChI is InChI=1S/C26H21F3N4O4/c1-31(18-5-3-2-4-6-18)22(34)21-15-30-14-11-17(21)16-32-24(36)33(23(35)25(32)12-13-25)19-7-9-20(10-8-19)37-26(27,28)29/h2-11,14-15H,12-13,16H2,1H3. The number of imide groups is 1. The summed E-state index contributed by atoms with van der Waals surface area (Å²) in [5.74, 6) is -1.24. The van der Waals surface area contributed by atoms with Crippen molar-refractivity contribution in [3.8, 4) is 5.75 Å². The molecule has 2 aliphatic rings. The van der Waals surface area contributed by atoms with E-state index in [1.807, 2.05) is 18.2 Å². The number of para-hydroxylation sites is 1. The van der Waals surface area contributed by atoms with E-state index in [0.717, 1.165) is 17.0 Å². The molecule has 0 unspecified atom stereocenters. The van der Waals surface area contributed by atoms with E-state index in [2.05, 4.69) is 9.72 Å². The topological polar surface area (TPSA) is 83.1 Å². The van der Waals surface area contributed by atoms with Crippen LogP contribution in [0.5, 0.6) is 5.75 Å². The number of ether oxygens (including phenoxy) is 1. The molecule has 11 heteroatoms. The molecule has 37 heavy (non-hydrogen) atoms. The first kappa shape index (κ1) is 24.3. The molecular formula is C26H21F3N4O4. The maximum atomic E-state index is 13.4. The number of amides is 4. The molecule has 1 saturated carbocycles. The Kier molecular flexibility index (Phi) is 5.85. The predicted octanol–water partition coefficient (Wildman–Crippen LogP) is 4.76. The zero-order valence-electron chi connectivity index (χ0n) is 19.6. The van der Waals surface area contributed by atoms with E-state index in [4.69, 9.17) is 0 Å². The molecule has 0 N–H and O–H groups in total. The number of rotatable bonds is 6. The summed E-state index contributed by atoms with van der Waals surface area (Å²) in [5, 5.41) is 0. The van der Waals surface area contributed by atoms with Crippen LogP contribution in [0.1, 0.15) is 28.8 Å². The molecule has 2 fully saturated rings. The van der Waals surface area contributed by atoms with Gasteiger partial charge in [0.25, 0.3) is 11.8 Å². The largest absolute Gasteiger partial charge is 0.573 e. The average Bonchev–Trinajstić information content (AvgIpc) is 3.66. The van der Waals surface area contributed by atoms with Crippen LogP contribution in [0.25, 0.3) is 0 Å². The van der Waals surface area contributed by atoms with E-state index in [9.17, 15) is 27.6 Å². The number of carbonyl (C=O) groups excluding carboxylic acids is 3. The Labute approximate surface area is 209 Å². The van der Waals surface area contributed by atoms with Crippen LogP contribution in [0.15, 0.2) is 73.1 Å². The lowest BCUT2D eigenvalue weighted by molar-refractivity contribution is -0.274. The number of alkyl halides is 3. The number of hydrogen-bond acceptors (Lipinski definition) is 5. The minimum absolute atomic E-state index is 0.0113. The van der Waals surface area contributed by atoms with Crippen LogP contribution >= 0.6 is 0 Å². The molecular weight excluding hydrogens is 489 g/mol. The van der Waals surface area contributed by atoms with Gasteiger partial charge in [0.05, 0.1) is 11.3 Å². The van der Waals surface area contributed by atoms with Crippen molar-refractivity contribution in [2.75, 3.05) is 16.8 Å². The van der Waals surface area contributed by atoms with Gasteiger partial charge in [-0.2, -0.15) is 0 Å². The fourth-order valence-corrected chi connectivity index (χ4v) is 4.43. The Morgan fingerprint density at radius 1 is 1.05 bits per heavy atom. The maximum Gasteiger partial charge on any atom is 0.573 e. The lowest BCUT2D eigenvalue weighted by Gasteiger charge is -2.24. The number of benzene rings is 2. The van der Waals surface area contributed by atoms with Crippen LogP contribution in [-0.4, -0.2) is 46.7 Å². The van der Waals surface area contributed by atoms with E-state index in [-0.39, 0.29) is 23.7 Å². The molecule has 1 saturated heterocycles. The first-order chi connectivity index (χ1) is 17.6. The third-order valence-electron chi connectivity index (χ3n) is 6.51. The van der Waals surface area contributed by atoms with E-state index < -0.39 is 29.6 Å². The summed E-state index contributed by atoms with van der Waals surface area (Å²) >= 11 is 0. The Morgan fingerprint density at radius 3 is 2.35 bits per heavy atom. The molecule has 1 spiro atoms. The summed E-state index contributed by atoms with van der Waals surface area (Å²) in [7, 11) is 1.63. The minimum atomic E-state index is -4.86. The van der Waals surface area contributed by atoms with Crippen molar-refractivity contribution >= 4 is 29.2 Å². The van der Waals surface area contributed by atoms with Gasteiger partial charge in [-0.25, -0.2) is 9.69 Å². The molecule has 8 nitrogen and oxygen atoms in total. The van der Waals surface area contributed by atoms with Crippen LogP contribution in [0.2, 0.25) is 0 Å². The number of urea groups is 1. The van der Waals surface area contributed by atoms with Gasteiger partial charge in [-0.15, -0.1) is 13.2 Å². The van der Waals surface area contributed by atoms with Gasteiger partial charge in [0.1, 0.15) is 11.3 Å². The number of carbonyl (C=O) groups is 3. The number of halogens is 3. The first-order valence-corrected chi connectivity index (χ1v) is 11.4. The SMILES string of the molecule is CN(C(=O)c1cnccc1CN1C(=O)N(c2ccc(OC(F)(F)F)cc2)C(=O)C12CC2)c1ccccc1. The summed E-state index contributed by atoms with van der Waals surface area (Å²) in [5.41, 5.74) is 0.571. The zero-order chi connectivity index (χ0) is 26.4. The number of nitrogens with zero attached hydrogens (tertiary/aromatic N) is 4. The molecule has 0 radical (unpaired) electrons. The van der Waals surface area contributed by atoms with Gasteiger partial charge in [0.2, 0.25) is 0 Å². The van der Waals surface area contributed by atoms with Gasteiger partial charge in [0.15, 0.2) is 0 Å². The second-order valence-corrected chi connectivity index (χ2v) is 8.82. The Bertz CT molecular complexity index is 1360. The molecule has 5 rings (SSSR count). The van der Waals surface area contributed by atoms with Crippen LogP contribution in [-0.2, 0) is 11.3 Å². The molecule has 0 atom stereocenters. The molecule has 2 heterocycles. The monoisotopic (exact) mass is 510 g/mol. The Morgan fingerprint density at radius 2 is 1.73 bits per heavy atom. The summed E-state index contributed by atoms with van der Waals surface area (Å²) < 4.78 is 41.3. The highest BCUT2D eigenvalue weighted by Gasteiger charge is 2.65. The van der Waals surface area contributed by atoms with Crippen LogP contribution in [0.3, 0.4) is 0 Å². The second kappa shape index (κ2) is 8.91. The van der Waals surface area contributed by atoms with Crippen LogP contribution < -0.4 is 14.5 Å². The lowest BCUT2D eigenvalue weighted by atomic mass is 10.1. The van der Waals surface area contributed by atoms with Gasteiger partial charge < -0.3 is 14.5 Å². The number of hydrogen-bond donors (Lipinski definition) is 0. The maximum absolute atomic E-state index is 13.4. The van der Waals surface area contributed by atoms with Crippen molar-refractivity contribution in [2.24, 2.45) is 0 Å². The third kappa shape index (κ3) is 4.48. The van der Waals surface area contributed by atoms with Crippen LogP contribution in [0, 0.1) is 0 Å². The fraction of sp³-hybridized carbons (Fsp3) is 0.231. The van der Waals surface area contributed by atoms with Crippen molar-refractivity contribution in [3.63, 3.8) is 0 Å². The third-order valence-corrected chi connectivity index (χ3v) is 6.51. The molecule has 190 valence electrons. The minimum Gasteiger partial charge on any atom is -0.406 e. The molecule has 0 bridgehead atoms. The zero-order valence-corrected chi connectivity index (χ0v) is 19.6. The highest BCUT2D eigenvalue weighted by molar-refractivity contribution is 6.24. The highest BCUT2D eigenvalue weighted by Crippen LogP contribution is 2.50. The van der Waals surface area contributed by atoms with E-state index in [1.54, 1.807) is 25.2 Å². The van der Waals surface area contributed by atoms with Crippen LogP contribution in [0.4, 0.5) is 29.3 Å². The van der Waals surface area contributed by atoms with Crippen molar-refractivity contribution in [1.82, 2.24) is 9.88 Å². The molecule has 1 aromatic heterocycles. The molecule has 1 aliphatic carbocycles. The number of pyridine rings is 1. The van der Waals surface area contributed by atoms with Gasteiger partial charge in [0, 0.05) is 31.7 Å². The smallest absolute Gasteiger partial charge is 0.406 e. The quantitative estimate of drug-likeness (QED) is 0.447. The van der Waals surface area contributed by atoms with Crippen molar-refractivity contribution in [1.29, 1.82) is 0 Å². The second-order valence-electron chi connectivity index (χ2n) is 8.82. The summed E-state index contributed by atoms with van der Waals surface area (Å²) in [6, 6.07) is 14.6. The summed E-state index contributed by atoms with van der Waals surface area (Å²) in [6.07, 6.45) is -1.03. The normalized spacial score (nSPS) is 16.3. The van der Waals surface area contributed by atoms with Gasteiger partial charge in [-0.05, 0) is 60.9 Å². The van der Waals surface area contributed by atoms with E-state index in [1.165, 1.54) is 34.3 Å². The molecule has 3 aromatic rings. The first-order valence-electron chi connectivity index (χ1n) is 11.4. The van der Waals surface area contributed by atoms with E-state index >= 15 is 0 Å². The average molecular weight is 510 g/mol. The van der Waals surface area contributed by atoms with Crippen molar-refractivity contribution < 1.29 is 32.3 Å². The summed E-state index contributed by atoms with van der Waals surface area (Å²) in [4.78, 5) is 48.0. The Hall–Kier alpha value is -4.41. The van der Waals surface area contributed by atoms with Gasteiger partial charge in [-0.3, -0.25) is 14.6 Å². The molecule has 1 aliphatic heterocycles. The van der Waals surface area contributed by atoms with Crippen molar-refractivity contribution in [2.45, 2.75) is 31.3 Å². The lowest BCUT2D eigenvalue weighted by Crippen LogP contribution is -2.37. The predicted molar refractivity (Wildman–Crippen MR) is 127 cm³/mol.